The Morgan fingerprint density at radius 3 is 2.27 bits per heavy atom. The van der Waals surface area contributed by atoms with Gasteiger partial charge in [0.1, 0.15) is 17.7 Å². The molecule has 1 aliphatic carbocycles. The number of sulfonamides is 1. The van der Waals surface area contributed by atoms with Gasteiger partial charge in [0.15, 0.2) is 0 Å². The summed E-state index contributed by atoms with van der Waals surface area (Å²) in [5.41, 5.74) is -0.982. The Balaban J connectivity index is 1.77. The summed E-state index contributed by atoms with van der Waals surface area (Å²) in [5, 5.41) is 0. The van der Waals surface area contributed by atoms with Crippen LogP contribution in [-0.4, -0.2) is 81.2 Å². The van der Waals surface area contributed by atoms with E-state index < -0.39 is 69.4 Å². The third kappa shape index (κ3) is 7.03. The number of hydrogen-bond acceptors (Lipinski definition) is 5. The highest BCUT2D eigenvalue weighted by molar-refractivity contribution is 7.88. The van der Waals surface area contributed by atoms with Crippen molar-refractivity contribution in [2.24, 2.45) is 11.8 Å². The van der Waals surface area contributed by atoms with Gasteiger partial charge in [0.2, 0.25) is 10.0 Å². The maximum absolute atomic E-state index is 14.8. The number of alkyl halides is 6. The number of benzene rings is 1. The molecule has 0 aromatic heterocycles. The van der Waals surface area contributed by atoms with E-state index in [1.54, 1.807) is 19.9 Å². The summed E-state index contributed by atoms with van der Waals surface area (Å²) >= 11 is 0. The molecule has 1 fully saturated rings. The summed E-state index contributed by atoms with van der Waals surface area (Å²) in [6.45, 7) is 5.86. The van der Waals surface area contributed by atoms with E-state index in [1.807, 2.05) is 0 Å². The molecule has 2 unspecified atom stereocenters. The minimum absolute atomic E-state index is 0.0784. The van der Waals surface area contributed by atoms with Crippen molar-refractivity contribution >= 4 is 21.7 Å². The monoisotopic (exact) mass is 668 g/mol. The molecule has 1 aromatic carbocycles. The van der Waals surface area contributed by atoms with E-state index in [-0.39, 0.29) is 43.8 Å². The molecule has 250 valence electrons. The van der Waals surface area contributed by atoms with E-state index in [4.69, 9.17) is 9.47 Å². The number of cyclic esters (lactones) is 1. The zero-order valence-corrected chi connectivity index (χ0v) is 26.3. The highest BCUT2D eigenvalue weighted by Crippen LogP contribution is 2.46. The standard InChI is InChI=1S/C30H35F7N2O5S/c1-15(2)21-11-23(26(43-5)12-25(21)31)20-7-8-38(45(6,41)42)13-18(20)14-39-17(4)27(44-28(39)40)22-9-19(29(32,33)34)10-24(16(22)3)30(35,36)37/h9-12,15-17,22,27H,7-8,13-14H2,1-6H3/t16?,17-,22?,27-/m0/s1. The van der Waals surface area contributed by atoms with Crippen molar-refractivity contribution in [1.29, 1.82) is 0 Å². The van der Waals surface area contributed by atoms with Crippen molar-refractivity contribution in [3.63, 3.8) is 0 Å². The largest absolute Gasteiger partial charge is 0.496 e. The maximum Gasteiger partial charge on any atom is 0.416 e. The van der Waals surface area contributed by atoms with E-state index in [2.05, 4.69) is 0 Å². The molecule has 1 amide bonds. The minimum atomic E-state index is -5.07. The fraction of sp³-hybridized carbons (Fsp3) is 0.567. The Hall–Kier alpha value is -3.07. The van der Waals surface area contributed by atoms with Gasteiger partial charge in [0.05, 0.1) is 25.0 Å². The molecule has 45 heavy (non-hydrogen) atoms. The first-order valence-electron chi connectivity index (χ1n) is 14.2. The SMILES string of the molecule is COc1cc(F)c(C(C)C)cc1C1=C(CN2C(=O)O[C@H](C3C=C(C(F)(F)F)C=C(C(F)(F)F)C3C)[C@@H]2C)CN(S(C)(=O)=O)CC1. The van der Waals surface area contributed by atoms with Crippen molar-refractivity contribution in [2.45, 2.75) is 64.5 Å². The predicted molar refractivity (Wildman–Crippen MR) is 152 cm³/mol. The highest BCUT2D eigenvalue weighted by Gasteiger charge is 2.51. The second-order valence-corrected chi connectivity index (χ2v) is 13.9. The average Bonchev–Trinajstić information content (AvgIpc) is 3.19. The molecule has 0 saturated carbocycles. The van der Waals surface area contributed by atoms with Crippen LogP contribution in [0.3, 0.4) is 0 Å². The summed E-state index contributed by atoms with van der Waals surface area (Å²) in [7, 11) is -2.35. The lowest BCUT2D eigenvalue weighted by Gasteiger charge is -2.35. The van der Waals surface area contributed by atoms with Gasteiger partial charge in [-0.2, -0.15) is 30.6 Å². The first-order valence-corrected chi connectivity index (χ1v) is 16.1. The fourth-order valence-electron chi connectivity index (χ4n) is 6.22. The molecular formula is C30H35F7N2O5S. The lowest BCUT2D eigenvalue weighted by molar-refractivity contribution is -0.107. The fourth-order valence-corrected chi connectivity index (χ4v) is 7.03. The van der Waals surface area contributed by atoms with Crippen molar-refractivity contribution in [1.82, 2.24) is 9.21 Å². The number of nitrogens with zero attached hydrogens (tertiary/aromatic N) is 2. The molecule has 2 heterocycles. The van der Waals surface area contributed by atoms with E-state index >= 15 is 0 Å². The van der Waals surface area contributed by atoms with Gasteiger partial charge in [-0.3, -0.25) is 4.90 Å². The molecule has 4 atom stereocenters. The normalized spacial score (nSPS) is 25.5. The van der Waals surface area contributed by atoms with Crippen LogP contribution in [0.15, 0.2) is 41.0 Å². The summed E-state index contributed by atoms with van der Waals surface area (Å²) in [6.07, 6.45) is -10.5. The molecule has 15 heteroatoms. The Labute approximate surface area is 257 Å². The number of hydrogen-bond donors (Lipinski definition) is 0. The third-order valence-electron chi connectivity index (χ3n) is 8.72. The van der Waals surface area contributed by atoms with Gasteiger partial charge < -0.3 is 9.47 Å². The number of amides is 1. The number of rotatable bonds is 7. The third-order valence-corrected chi connectivity index (χ3v) is 9.97. The molecule has 0 bridgehead atoms. The van der Waals surface area contributed by atoms with E-state index in [0.717, 1.165) is 13.2 Å². The first-order chi connectivity index (χ1) is 20.6. The number of halogens is 7. The highest BCUT2D eigenvalue weighted by atomic mass is 32.2. The second kappa shape index (κ2) is 12.3. The molecule has 0 spiro atoms. The van der Waals surface area contributed by atoms with Gasteiger partial charge in [-0.05, 0) is 54.0 Å². The number of methoxy groups -OCH3 is 1. The van der Waals surface area contributed by atoms with Crippen LogP contribution in [-0.2, 0) is 14.8 Å². The molecule has 0 N–H and O–H groups in total. The summed E-state index contributed by atoms with van der Waals surface area (Å²) < 4.78 is 134. The topological polar surface area (TPSA) is 76.2 Å². The van der Waals surface area contributed by atoms with Crippen LogP contribution in [0.5, 0.6) is 5.75 Å². The van der Waals surface area contributed by atoms with Gasteiger partial charge in [-0.1, -0.05) is 26.8 Å². The van der Waals surface area contributed by atoms with Gasteiger partial charge in [-0.25, -0.2) is 17.6 Å². The van der Waals surface area contributed by atoms with Crippen molar-refractivity contribution < 1.29 is 53.4 Å². The second-order valence-electron chi connectivity index (χ2n) is 12.0. The number of carbonyl (C=O) groups excluding carboxylic acids is 1. The summed E-state index contributed by atoms with van der Waals surface area (Å²) in [6, 6.07) is 1.84. The van der Waals surface area contributed by atoms with Crippen LogP contribution in [0, 0.1) is 17.7 Å². The molecule has 1 aromatic rings. The van der Waals surface area contributed by atoms with E-state index in [0.29, 0.717) is 28.3 Å². The molecule has 2 aliphatic heterocycles. The van der Waals surface area contributed by atoms with Gasteiger partial charge in [-0.15, -0.1) is 0 Å². The molecule has 7 nitrogen and oxygen atoms in total. The van der Waals surface area contributed by atoms with Crippen LogP contribution >= 0.6 is 0 Å². The van der Waals surface area contributed by atoms with E-state index in [9.17, 15) is 43.9 Å². The Morgan fingerprint density at radius 1 is 1.09 bits per heavy atom. The van der Waals surface area contributed by atoms with Crippen molar-refractivity contribution in [3.8, 4) is 5.75 Å². The first kappa shape index (κ1) is 34.8. The van der Waals surface area contributed by atoms with Crippen molar-refractivity contribution in [3.05, 3.63) is 57.9 Å². The molecule has 3 aliphatic rings. The maximum atomic E-state index is 14.8. The number of carbonyl (C=O) groups is 1. The predicted octanol–water partition coefficient (Wildman–Crippen LogP) is 6.83. The van der Waals surface area contributed by atoms with E-state index in [1.165, 1.54) is 29.3 Å². The number of ether oxygens (including phenoxy) is 2. The van der Waals surface area contributed by atoms with Gasteiger partial charge >= 0.3 is 18.4 Å². The van der Waals surface area contributed by atoms with Gasteiger partial charge in [0, 0.05) is 42.8 Å². The lowest BCUT2D eigenvalue weighted by Crippen LogP contribution is -2.44. The number of allylic oxidation sites excluding steroid dienone is 3. The Kier molecular flexibility index (Phi) is 9.49. The molecule has 4 rings (SSSR count). The average molecular weight is 669 g/mol. The van der Waals surface area contributed by atoms with Crippen LogP contribution in [0.25, 0.3) is 5.57 Å². The smallest absolute Gasteiger partial charge is 0.416 e. The quantitative estimate of drug-likeness (QED) is 0.298. The lowest BCUT2D eigenvalue weighted by atomic mass is 9.76. The van der Waals surface area contributed by atoms with Crippen LogP contribution in [0.2, 0.25) is 0 Å². The van der Waals surface area contributed by atoms with Crippen LogP contribution < -0.4 is 4.74 Å². The van der Waals surface area contributed by atoms with Crippen molar-refractivity contribution in [2.75, 3.05) is 33.0 Å². The van der Waals surface area contributed by atoms with Gasteiger partial charge in [0.25, 0.3) is 0 Å². The minimum Gasteiger partial charge on any atom is -0.496 e. The molecule has 1 saturated heterocycles. The Bertz CT molecular complexity index is 1550. The molecule has 0 radical (unpaired) electrons. The van der Waals surface area contributed by atoms with Crippen LogP contribution in [0.1, 0.15) is 51.2 Å². The summed E-state index contributed by atoms with van der Waals surface area (Å²) in [5.74, 6) is -3.45. The Morgan fingerprint density at radius 2 is 1.73 bits per heavy atom. The van der Waals surface area contributed by atoms with Crippen LogP contribution in [0.4, 0.5) is 35.5 Å². The zero-order valence-electron chi connectivity index (χ0n) is 25.5. The molecular weight excluding hydrogens is 633 g/mol. The zero-order chi connectivity index (χ0) is 33.8. The summed E-state index contributed by atoms with van der Waals surface area (Å²) in [4.78, 5) is 14.4.